The Morgan fingerprint density at radius 2 is 1.96 bits per heavy atom. The second-order valence-corrected chi connectivity index (χ2v) is 6.32. The molecule has 1 atom stereocenters. The van der Waals surface area contributed by atoms with Gasteiger partial charge in [0, 0.05) is 24.9 Å². The van der Waals surface area contributed by atoms with Gasteiger partial charge in [0.05, 0.1) is 12.7 Å². The van der Waals surface area contributed by atoms with Crippen LogP contribution < -0.4 is 14.8 Å². The van der Waals surface area contributed by atoms with E-state index in [0.717, 1.165) is 56.2 Å². The Hall–Kier alpha value is -2.20. The van der Waals surface area contributed by atoms with Crippen LogP contribution in [0.1, 0.15) is 31.7 Å². The molecule has 2 aromatic rings. The third-order valence-electron chi connectivity index (χ3n) is 4.19. The van der Waals surface area contributed by atoms with Gasteiger partial charge in [0.25, 0.3) is 0 Å². The first kappa shape index (κ1) is 17.6. The number of hydrogen-bond acceptors (Lipinski definition) is 4. The third kappa shape index (κ3) is 5.68. The minimum atomic E-state index is 0.241. The molecule has 0 bridgehead atoms. The van der Waals surface area contributed by atoms with E-state index in [1.165, 1.54) is 5.56 Å². The number of hydrogen-bond donors (Lipinski definition) is 1. The van der Waals surface area contributed by atoms with Crippen molar-refractivity contribution in [2.24, 2.45) is 0 Å². The Morgan fingerprint density at radius 3 is 2.72 bits per heavy atom. The van der Waals surface area contributed by atoms with Crippen molar-refractivity contribution in [1.82, 2.24) is 0 Å². The fourth-order valence-electron chi connectivity index (χ4n) is 2.79. The number of rotatable bonds is 9. The quantitative estimate of drug-likeness (QED) is 0.721. The van der Waals surface area contributed by atoms with E-state index in [4.69, 9.17) is 14.2 Å². The lowest BCUT2D eigenvalue weighted by atomic mass is 10.2. The first-order valence-electron chi connectivity index (χ1n) is 9.13. The first-order chi connectivity index (χ1) is 12.3. The normalized spacial score (nSPS) is 16.6. The second-order valence-electron chi connectivity index (χ2n) is 6.32. The standard InChI is InChI=1S/C21H27NO3/c1-2-12-23-19-10-8-17(9-11-19)15-22-18-5-3-6-20(14-18)25-16-21-7-4-13-24-21/h3,5-6,8-11,14,21-22H,2,4,7,12-13,15-16H2,1H3. The average molecular weight is 341 g/mol. The lowest BCUT2D eigenvalue weighted by Gasteiger charge is -2.13. The van der Waals surface area contributed by atoms with Crippen molar-refractivity contribution in [3.8, 4) is 11.5 Å². The van der Waals surface area contributed by atoms with Gasteiger partial charge in [-0.25, -0.2) is 0 Å². The molecule has 25 heavy (non-hydrogen) atoms. The molecule has 4 heteroatoms. The van der Waals surface area contributed by atoms with Gasteiger partial charge in [-0.2, -0.15) is 0 Å². The molecule has 3 rings (SSSR count). The summed E-state index contributed by atoms with van der Waals surface area (Å²) in [4.78, 5) is 0. The van der Waals surface area contributed by atoms with Crippen LogP contribution in [0.5, 0.6) is 11.5 Å². The molecular formula is C21H27NO3. The molecule has 0 spiro atoms. The van der Waals surface area contributed by atoms with Crippen LogP contribution >= 0.6 is 0 Å². The summed E-state index contributed by atoms with van der Waals surface area (Å²) in [5.74, 6) is 1.80. The highest BCUT2D eigenvalue weighted by molar-refractivity contribution is 5.48. The highest BCUT2D eigenvalue weighted by atomic mass is 16.5. The van der Waals surface area contributed by atoms with E-state index in [-0.39, 0.29) is 6.10 Å². The zero-order valence-electron chi connectivity index (χ0n) is 14.9. The highest BCUT2D eigenvalue weighted by Crippen LogP contribution is 2.20. The number of anilines is 1. The zero-order chi connectivity index (χ0) is 17.3. The molecule has 134 valence electrons. The fourth-order valence-corrected chi connectivity index (χ4v) is 2.79. The molecule has 4 nitrogen and oxygen atoms in total. The minimum absolute atomic E-state index is 0.241. The Kier molecular flexibility index (Phi) is 6.57. The summed E-state index contributed by atoms with van der Waals surface area (Å²) in [6, 6.07) is 16.3. The molecule has 1 aliphatic heterocycles. The van der Waals surface area contributed by atoms with Crippen molar-refractivity contribution >= 4 is 5.69 Å². The predicted molar refractivity (Wildman–Crippen MR) is 100 cm³/mol. The summed E-state index contributed by atoms with van der Waals surface area (Å²) in [5.41, 5.74) is 2.27. The van der Waals surface area contributed by atoms with Crippen LogP contribution in [0.2, 0.25) is 0 Å². The summed E-state index contributed by atoms with van der Waals surface area (Å²) >= 11 is 0. The SMILES string of the molecule is CCCOc1ccc(CNc2cccc(OCC3CCCO3)c2)cc1. The molecule has 1 saturated heterocycles. The van der Waals surface area contributed by atoms with E-state index in [1.807, 2.05) is 30.3 Å². The number of nitrogens with one attached hydrogen (secondary N) is 1. The second kappa shape index (κ2) is 9.33. The smallest absolute Gasteiger partial charge is 0.121 e. The molecule has 1 unspecified atom stereocenters. The van der Waals surface area contributed by atoms with E-state index in [2.05, 4.69) is 30.4 Å². The largest absolute Gasteiger partial charge is 0.494 e. The molecule has 1 heterocycles. The summed E-state index contributed by atoms with van der Waals surface area (Å²) < 4.78 is 17.1. The van der Waals surface area contributed by atoms with Gasteiger partial charge >= 0.3 is 0 Å². The molecule has 0 saturated carbocycles. The molecule has 1 N–H and O–H groups in total. The van der Waals surface area contributed by atoms with Gasteiger partial charge in [-0.15, -0.1) is 0 Å². The van der Waals surface area contributed by atoms with Crippen LogP contribution in [0.15, 0.2) is 48.5 Å². The van der Waals surface area contributed by atoms with Crippen molar-refractivity contribution in [2.75, 3.05) is 25.1 Å². The fraction of sp³-hybridized carbons (Fsp3) is 0.429. The minimum Gasteiger partial charge on any atom is -0.494 e. The van der Waals surface area contributed by atoms with E-state index in [9.17, 15) is 0 Å². The van der Waals surface area contributed by atoms with Crippen molar-refractivity contribution in [1.29, 1.82) is 0 Å². The monoisotopic (exact) mass is 341 g/mol. The maximum absolute atomic E-state index is 5.85. The summed E-state index contributed by atoms with van der Waals surface area (Å²) in [7, 11) is 0. The van der Waals surface area contributed by atoms with Gasteiger partial charge in [-0.3, -0.25) is 0 Å². The highest BCUT2D eigenvalue weighted by Gasteiger charge is 2.15. The van der Waals surface area contributed by atoms with Crippen LogP contribution in [0.3, 0.4) is 0 Å². The lowest BCUT2D eigenvalue weighted by molar-refractivity contribution is 0.0680. The maximum atomic E-state index is 5.85. The van der Waals surface area contributed by atoms with E-state index in [1.54, 1.807) is 0 Å². The molecule has 1 aliphatic rings. The lowest BCUT2D eigenvalue weighted by Crippen LogP contribution is -2.16. The van der Waals surface area contributed by atoms with E-state index >= 15 is 0 Å². The Bertz CT molecular complexity index is 636. The molecular weight excluding hydrogens is 314 g/mol. The average Bonchev–Trinajstić information content (AvgIpc) is 3.18. The molecule has 0 amide bonds. The summed E-state index contributed by atoms with van der Waals surface area (Å²) in [6.07, 6.45) is 3.49. The van der Waals surface area contributed by atoms with Crippen molar-refractivity contribution in [3.63, 3.8) is 0 Å². The molecule has 0 radical (unpaired) electrons. The number of ether oxygens (including phenoxy) is 3. The topological polar surface area (TPSA) is 39.7 Å². The van der Waals surface area contributed by atoms with Crippen molar-refractivity contribution < 1.29 is 14.2 Å². The van der Waals surface area contributed by atoms with Crippen molar-refractivity contribution in [2.45, 2.75) is 38.8 Å². The van der Waals surface area contributed by atoms with Gasteiger partial charge in [-0.1, -0.05) is 25.1 Å². The molecule has 0 aromatic heterocycles. The Balaban J connectivity index is 1.48. The van der Waals surface area contributed by atoms with Gasteiger partial charge in [0.2, 0.25) is 0 Å². The van der Waals surface area contributed by atoms with Crippen molar-refractivity contribution in [3.05, 3.63) is 54.1 Å². The molecule has 1 fully saturated rings. The van der Waals surface area contributed by atoms with Gasteiger partial charge in [-0.05, 0) is 49.1 Å². The van der Waals surface area contributed by atoms with Crippen LogP contribution in [-0.4, -0.2) is 25.9 Å². The van der Waals surface area contributed by atoms with Crippen LogP contribution in [0.25, 0.3) is 0 Å². The number of benzene rings is 2. The van der Waals surface area contributed by atoms with Gasteiger partial charge in [0.15, 0.2) is 0 Å². The zero-order valence-corrected chi connectivity index (χ0v) is 14.9. The third-order valence-corrected chi connectivity index (χ3v) is 4.19. The summed E-state index contributed by atoms with van der Waals surface area (Å²) in [5, 5.41) is 3.44. The Morgan fingerprint density at radius 1 is 1.08 bits per heavy atom. The van der Waals surface area contributed by atoms with Gasteiger partial charge < -0.3 is 19.5 Å². The van der Waals surface area contributed by atoms with Crippen LogP contribution in [0, 0.1) is 0 Å². The molecule has 2 aromatic carbocycles. The predicted octanol–water partition coefficient (Wildman–Crippen LogP) is 4.65. The molecule has 0 aliphatic carbocycles. The Labute approximate surface area is 150 Å². The van der Waals surface area contributed by atoms with Crippen LogP contribution in [-0.2, 0) is 11.3 Å². The van der Waals surface area contributed by atoms with Crippen LogP contribution in [0.4, 0.5) is 5.69 Å². The summed E-state index contributed by atoms with van der Waals surface area (Å²) in [6.45, 7) is 5.12. The van der Waals surface area contributed by atoms with E-state index < -0.39 is 0 Å². The first-order valence-corrected chi connectivity index (χ1v) is 9.13. The van der Waals surface area contributed by atoms with Gasteiger partial charge in [0.1, 0.15) is 18.1 Å². The van der Waals surface area contributed by atoms with E-state index in [0.29, 0.717) is 6.61 Å². The maximum Gasteiger partial charge on any atom is 0.121 e.